The van der Waals surface area contributed by atoms with E-state index >= 15 is 0 Å². The van der Waals surface area contributed by atoms with Gasteiger partial charge in [0.1, 0.15) is 19.0 Å². The molecule has 1 aromatic carbocycles. The van der Waals surface area contributed by atoms with E-state index < -0.39 is 4.92 Å². The van der Waals surface area contributed by atoms with Crippen molar-refractivity contribution in [2.24, 2.45) is 0 Å². The van der Waals surface area contributed by atoms with Crippen LogP contribution in [-0.4, -0.2) is 23.1 Å². The van der Waals surface area contributed by atoms with Crippen molar-refractivity contribution < 1.29 is 14.4 Å². The molecule has 0 spiro atoms. The molecule has 2 heterocycles. The van der Waals surface area contributed by atoms with Crippen LogP contribution in [0.4, 0.5) is 23.0 Å². The van der Waals surface area contributed by atoms with E-state index in [2.05, 4.69) is 10.3 Å². The zero-order valence-corrected chi connectivity index (χ0v) is 10.9. The Labute approximate surface area is 119 Å². The first-order valence-electron chi connectivity index (χ1n) is 6.21. The molecule has 0 saturated carbocycles. The molecule has 3 rings (SSSR count). The van der Waals surface area contributed by atoms with Crippen molar-refractivity contribution in [2.75, 3.05) is 24.3 Å². The third kappa shape index (κ3) is 2.64. The number of benzene rings is 1. The van der Waals surface area contributed by atoms with Crippen LogP contribution in [0.5, 0.6) is 11.5 Å². The largest absolute Gasteiger partial charge is 0.486 e. The van der Waals surface area contributed by atoms with Crippen molar-refractivity contribution >= 4 is 23.0 Å². The number of rotatable bonds is 3. The fourth-order valence-corrected chi connectivity index (χ4v) is 1.96. The number of aromatic nitrogens is 1. The van der Waals surface area contributed by atoms with Gasteiger partial charge in [-0.25, -0.2) is 4.98 Å². The molecule has 0 saturated heterocycles. The number of ether oxygens (including phenoxy) is 2. The molecule has 0 radical (unpaired) electrons. The molecule has 0 atom stereocenters. The highest BCUT2D eigenvalue weighted by molar-refractivity contribution is 5.65. The highest BCUT2D eigenvalue weighted by Gasteiger charge is 2.14. The molecule has 1 aliphatic rings. The van der Waals surface area contributed by atoms with Gasteiger partial charge in [-0.15, -0.1) is 0 Å². The van der Waals surface area contributed by atoms with Crippen molar-refractivity contribution in [2.45, 2.75) is 0 Å². The van der Waals surface area contributed by atoms with Crippen LogP contribution in [0.2, 0.25) is 0 Å². The summed E-state index contributed by atoms with van der Waals surface area (Å²) in [6, 6.07) is 8.15. The summed E-state index contributed by atoms with van der Waals surface area (Å²) in [6.45, 7) is 1.03. The fourth-order valence-electron chi connectivity index (χ4n) is 1.96. The van der Waals surface area contributed by atoms with Gasteiger partial charge in [0, 0.05) is 17.8 Å². The topological polar surface area (TPSA) is 113 Å². The van der Waals surface area contributed by atoms with Gasteiger partial charge in [0.25, 0.3) is 0 Å². The second kappa shape index (κ2) is 5.16. The number of nitrogens with zero attached hydrogens (tertiary/aromatic N) is 2. The molecule has 0 unspecified atom stereocenters. The number of nitrogens with two attached hydrogens (primary N) is 1. The Morgan fingerprint density at radius 3 is 2.67 bits per heavy atom. The number of nitrogen functional groups attached to an aromatic ring is 1. The van der Waals surface area contributed by atoms with Crippen LogP contribution in [0, 0.1) is 10.1 Å². The third-order valence-electron chi connectivity index (χ3n) is 2.91. The van der Waals surface area contributed by atoms with Gasteiger partial charge in [-0.1, -0.05) is 0 Å². The SMILES string of the molecule is Nc1nc(Nc2ccc3c(c2)OCCO3)ccc1[N+](=O)[O-]. The van der Waals surface area contributed by atoms with Crippen LogP contribution >= 0.6 is 0 Å². The maximum atomic E-state index is 10.7. The van der Waals surface area contributed by atoms with Gasteiger partial charge in [-0.05, 0) is 18.2 Å². The lowest BCUT2D eigenvalue weighted by molar-refractivity contribution is -0.384. The number of pyridine rings is 1. The van der Waals surface area contributed by atoms with E-state index in [0.29, 0.717) is 30.5 Å². The zero-order valence-electron chi connectivity index (χ0n) is 10.9. The fraction of sp³-hybridized carbons (Fsp3) is 0.154. The lowest BCUT2D eigenvalue weighted by Crippen LogP contribution is -2.15. The van der Waals surface area contributed by atoms with E-state index in [4.69, 9.17) is 15.2 Å². The summed E-state index contributed by atoms with van der Waals surface area (Å²) < 4.78 is 10.9. The number of anilines is 3. The molecule has 3 N–H and O–H groups in total. The number of nitrogens with one attached hydrogen (secondary N) is 1. The summed E-state index contributed by atoms with van der Waals surface area (Å²) in [6.07, 6.45) is 0. The maximum Gasteiger partial charge on any atom is 0.311 e. The monoisotopic (exact) mass is 288 g/mol. The first-order valence-corrected chi connectivity index (χ1v) is 6.21. The molecule has 0 aliphatic carbocycles. The molecule has 0 fully saturated rings. The van der Waals surface area contributed by atoms with Crippen LogP contribution < -0.4 is 20.5 Å². The van der Waals surface area contributed by atoms with Crippen molar-refractivity contribution in [1.82, 2.24) is 4.98 Å². The highest BCUT2D eigenvalue weighted by atomic mass is 16.6. The summed E-state index contributed by atoms with van der Waals surface area (Å²) in [7, 11) is 0. The Morgan fingerprint density at radius 2 is 1.95 bits per heavy atom. The average molecular weight is 288 g/mol. The molecule has 0 bridgehead atoms. The summed E-state index contributed by atoms with van der Waals surface area (Å²) in [5.74, 6) is 1.60. The quantitative estimate of drug-likeness (QED) is 0.656. The third-order valence-corrected chi connectivity index (χ3v) is 2.91. The van der Waals surface area contributed by atoms with Crippen LogP contribution in [0.1, 0.15) is 0 Å². The van der Waals surface area contributed by atoms with E-state index in [-0.39, 0.29) is 11.5 Å². The summed E-state index contributed by atoms with van der Waals surface area (Å²) >= 11 is 0. The van der Waals surface area contributed by atoms with Gasteiger partial charge < -0.3 is 20.5 Å². The minimum atomic E-state index is -0.573. The predicted molar refractivity (Wildman–Crippen MR) is 76.0 cm³/mol. The number of nitro groups is 1. The zero-order chi connectivity index (χ0) is 14.8. The van der Waals surface area contributed by atoms with Crippen LogP contribution in [0.15, 0.2) is 30.3 Å². The molecule has 8 nitrogen and oxygen atoms in total. The molecule has 1 aliphatic heterocycles. The smallest absolute Gasteiger partial charge is 0.311 e. The first-order chi connectivity index (χ1) is 10.1. The summed E-state index contributed by atoms with van der Waals surface area (Å²) in [5, 5.41) is 13.7. The second-order valence-electron chi connectivity index (χ2n) is 4.34. The van der Waals surface area contributed by atoms with Crippen molar-refractivity contribution in [3.8, 4) is 11.5 Å². The Balaban J connectivity index is 1.83. The minimum absolute atomic E-state index is 0.137. The van der Waals surface area contributed by atoms with Gasteiger partial charge in [0.2, 0.25) is 5.82 Å². The molecule has 2 aromatic rings. The summed E-state index contributed by atoms with van der Waals surface area (Å²) in [5.41, 5.74) is 6.05. The molecule has 1 aromatic heterocycles. The van der Waals surface area contributed by atoms with E-state index in [1.807, 2.05) is 0 Å². The Hall–Kier alpha value is -3.03. The number of hydrogen-bond acceptors (Lipinski definition) is 7. The molecule has 0 amide bonds. The maximum absolute atomic E-state index is 10.7. The predicted octanol–water partition coefficient (Wildman–Crippen LogP) is 2.09. The molecule has 21 heavy (non-hydrogen) atoms. The van der Waals surface area contributed by atoms with Crippen molar-refractivity contribution in [1.29, 1.82) is 0 Å². The molecule has 108 valence electrons. The number of hydrogen-bond donors (Lipinski definition) is 2. The number of fused-ring (bicyclic) bond motifs is 1. The average Bonchev–Trinajstić information content (AvgIpc) is 2.47. The normalized spacial score (nSPS) is 12.8. The summed E-state index contributed by atoms with van der Waals surface area (Å²) in [4.78, 5) is 14.1. The lowest BCUT2D eigenvalue weighted by atomic mass is 10.2. The lowest BCUT2D eigenvalue weighted by Gasteiger charge is -2.19. The first kappa shape index (κ1) is 13.0. The van der Waals surface area contributed by atoms with Crippen LogP contribution in [0.25, 0.3) is 0 Å². The molecular weight excluding hydrogens is 276 g/mol. The van der Waals surface area contributed by atoms with Crippen LogP contribution in [0.3, 0.4) is 0 Å². The van der Waals surface area contributed by atoms with E-state index in [0.717, 1.165) is 5.69 Å². The van der Waals surface area contributed by atoms with Gasteiger partial charge in [-0.2, -0.15) is 0 Å². The highest BCUT2D eigenvalue weighted by Crippen LogP contribution is 2.33. The van der Waals surface area contributed by atoms with Gasteiger partial charge in [0.05, 0.1) is 4.92 Å². The van der Waals surface area contributed by atoms with Crippen molar-refractivity contribution in [3.63, 3.8) is 0 Å². The minimum Gasteiger partial charge on any atom is -0.486 e. The Bertz CT molecular complexity index is 705. The van der Waals surface area contributed by atoms with Crippen LogP contribution in [-0.2, 0) is 0 Å². The van der Waals surface area contributed by atoms with E-state index in [1.165, 1.54) is 12.1 Å². The van der Waals surface area contributed by atoms with Gasteiger partial charge >= 0.3 is 5.69 Å². The Kier molecular flexibility index (Phi) is 3.19. The van der Waals surface area contributed by atoms with Gasteiger partial charge in [0.15, 0.2) is 11.5 Å². The molecular formula is C13H12N4O4. The van der Waals surface area contributed by atoms with Gasteiger partial charge in [-0.3, -0.25) is 10.1 Å². The van der Waals surface area contributed by atoms with Crippen molar-refractivity contribution in [3.05, 3.63) is 40.4 Å². The second-order valence-corrected chi connectivity index (χ2v) is 4.34. The Morgan fingerprint density at radius 1 is 1.19 bits per heavy atom. The molecule has 8 heteroatoms. The standard InChI is InChI=1S/C13H12N4O4/c14-13-9(17(18)19)2-4-12(16-13)15-8-1-3-10-11(7-8)21-6-5-20-10/h1-4,7H,5-6H2,(H3,14,15,16). The van der Waals surface area contributed by atoms with E-state index in [9.17, 15) is 10.1 Å². The van der Waals surface area contributed by atoms with E-state index in [1.54, 1.807) is 18.2 Å².